The number of rotatable bonds is 45. The van der Waals surface area contributed by atoms with Crippen LogP contribution in [-0.2, 0) is 37.5 Å². The lowest BCUT2D eigenvalue weighted by Crippen LogP contribution is -2.34. The van der Waals surface area contributed by atoms with Crippen LogP contribution in [0.1, 0.15) is 232 Å². The number of nitrogens with two attached hydrogens (primary N) is 1. The third-order valence-electron chi connectivity index (χ3n) is 10.5. The van der Waals surface area contributed by atoms with Crippen LogP contribution >= 0.6 is 7.82 Å². The number of esters is 2. The summed E-state index contributed by atoms with van der Waals surface area (Å²) < 4.78 is 32.7. The zero-order chi connectivity index (χ0) is 42.8. The Morgan fingerprint density at radius 2 is 0.862 bits per heavy atom. The molecule has 11 nitrogen and oxygen atoms in total. The van der Waals surface area contributed by atoms with E-state index < -0.39 is 51.1 Å². The maximum atomic E-state index is 12.6. The Labute approximate surface area is 354 Å². The van der Waals surface area contributed by atoms with Gasteiger partial charge in [-0.25, -0.2) is 4.57 Å². The van der Waals surface area contributed by atoms with Crippen LogP contribution in [0.4, 0.5) is 0 Å². The average molecular weight is 846 g/mol. The summed E-state index contributed by atoms with van der Waals surface area (Å²) in [7, 11) is -4.72. The SMILES string of the molecule is CCCCCCCCCCC/C=C/CCCCC(=O)O[C@H](COC(=O)CCCCCCCCCCCCCCCCCCCCC)COP(=O)(O)OC[C@H](N)C(=O)O. The number of phosphoric ester groups is 1. The molecule has 0 saturated carbocycles. The topological polar surface area (TPSA) is 172 Å². The number of hydrogen-bond donors (Lipinski definition) is 3. The molecule has 0 amide bonds. The lowest BCUT2D eigenvalue weighted by atomic mass is 10.0. The number of hydrogen-bond acceptors (Lipinski definition) is 9. The van der Waals surface area contributed by atoms with Crippen molar-refractivity contribution in [2.75, 3.05) is 19.8 Å². The van der Waals surface area contributed by atoms with Crippen molar-refractivity contribution in [3.8, 4) is 0 Å². The molecule has 0 rings (SSSR count). The highest BCUT2D eigenvalue weighted by Crippen LogP contribution is 2.43. The fraction of sp³-hybridized carbons (Fsp3) is 0.891. The Morgan fingerprint density at radius 1 is 0.517 bits per heavy atom. The molecule has 0 spiro atoms. The number of carbonyl (C=O) groups excluding carboxylic acids is 2. The number of allylic oxidation sites excluding steroid dienone is 2. The van der Waals surface area contributed by atoms with Gasteiger partial charge in [-0.2, -0.15) is 0 Å². The van der Waals surface area contributed by atoms with E-state index in [1.165, 1.54) is 154 Å². The molecule has 12 heteroatoms. The Kier molecular flexibility index (Phi) is 40.6. The van der Waals surface area contributed by atoms with E-state index in [0.717, 1.165) is 38.5 Å². The molecule has 0 aromatic carbocycles. The number of carboxylic acids is 1. The number of carbonyl (C=O) groups is 3. The van der Waals surface area contributed by atoms with E-state index in [1.807, 2.05) is 0 Å². The Bertz CT molecular complexity index is 1040. The maximum Gasteiger partial charge on any atom is 0.472 e. The highest BCUT2D eigenvalue weighted by molar-refractivity contribution is 7.47. The monoisotopic (exact) mass is 846 g/mol. The minimum atomic E-state index is -4.72. The number of phosphoric acid groups is 1. The summed E-state index contributed by atoms with van der Waals surface area (Å²) in [4.78, 5) is 46.0. The van der Waals surface area contributed by atoms with Gasteiger partial charge in [-0.3, -0.25) is 23.4 Å². The molecule has 0 aliphatic heterocycles. The van der Waals surface area contributed by atoms with Crippen molar-refractivity contribution in [2.45, 2.75) is 244 Å². The minimum absolute atomic E-state index is 0.136. The molecule has 0 heterocycles. The molecule has 0 fully saturated rings. The molecule has 58 heavy (non-hydrogen) atoms. The van der Waals surface area contributed by atoms with Crippen LogP contribution < -0.4 is 5.73 Å². The molecule has 0 aliphatic rings. The quantitative estimate of drug-likeness (QED) is 0.0230. The number of unbranched alkanes of at least 4 members (excludes halogenated alkanes) is 29. The predicted molar refractivity (Wildman–Crippen MR) is 236 cm³/mol. The molecule has 0 radical (unpaired) electrons. The molecule has 0 bridgehead atoms. The van der Waals surface area contributed by atoms with Crippen molar-refractivity contribution in [3.05, 3.63) is 12.2 Å². The van der Waals surface area contributed by atoms with Gasteiger partial charge in [-0.15, -0.1) is 0 Å². The maximum absolute atomic E-state index is 12.6. The summed E-state index contributed by atoms with van der Waals surface area (Å²) in [6.45, 7) is 2.82. The lowest BCUT2D eigenvalue weighted by Gasteiger charge is -2.20. The molecule has 4 N–H and O–H groups in total. The van der Waals surface area contributed by atoms with E-state index in [-0.39, 0.29) is 19.4 Å². The van der Waals surface area contributed by atoms with E-state index in [0.29, 0.717) is 12.8 Å². The van der Waals surface area contributed by atoms with Gasteiger partial charge in [0.2, 0.25) is 0 Å². The molecule has 0 saturated heterocycles. The first-order chi connectivity index (χ1) is 28.1. The molecule has 0 aromatic heterocycles. The molecular formula is C46H88NO10P. The van der Waals surface area contributed by atoms with Crippen LogP contribution in [0, 0.1) is 0 Å². The molecule has 342 valence electrons. The second-order valence-electron chi connectivity index (χ2n) is 16.2. The van der Waals surface area contributed by atoms with Gasteiger partial charge in [0.15, 0.2) is 6.10 Å². The van der Waals surface area contributed by atoms with Crippen LogP contribution in [0.5, 0.6) is 0 Å². The molecular weight excluding hydrogens is 757 g/mol. The van der Waals surface area contributed by atoms with Gasteiger partial charge in [-0.05, 0) is 38.5 Å². The largest absolute Gasteiger partial charge is 0.480 e. The third kappa shape index (κ3) is 41.0. The van der Waals surface area contributed by atoms with E-state index >= 15 is 0 Å². The normalized spacial score (nSPS) is 13.7. The second kappa shape index (κ2) is 41.9. The number of ether oxygens (including phenoxy) is 2. The van der Waals surface area contributed by atoms with Gasteiger partial charge < -0.3 is 25.2 Å². The minimum Gasteiger partial charge on any atom is -0.480 e. The van der Waals surface area contributed by atoms with E-state index in [4.69, 9.17) is 24.8 Å². The Balaban J connectivity index is 4.27. The zero-order valence-electron chi connectivity index (χ0n) is 37.2. The molecule has 3 atom stereocenters. The molecule has 1 unspecified atom stereocenters. The van der Waals surface area contributed by atoms with Crippen molar-refractivity contribution < 1.29 is 47.5 Å². The first-order valence-electron chi connectivity index (χ1n) is 23.7. The van der Waals surface area contributed by atoms with Gasteiger partial charge in [-0.1, -0.05) is 193 Å². The summed E-state index contributed by atoms with van der Waals surface area (Å²) >= 11 is 0. The Morgan fingerprint density at radius 3 is 1.29 bits per heavy atom. The fourth-order valence-corrected chi connectivity index (χ4v) is 7.55. The van der Waals surface area contributed by atoms with Crippen LogP contribution in [-0.4, -0.2) is 59.9 Å². The van der Waals surface area contributed by atoms with Crippen LogP contribution in [0.15, 0.2) is 12.2 Å². The first-order valence-corrected chi connectivity index (χ1v) is 25.2. The fourth-order valence-electron chi connectivity index (χ4n) is 6.77. The third-order valence-corrected chi connectivity index (χ3v) is 11.5. The van der Waals surface area contributed by atoms with Crippen LogP contribution in [0.2, 0.25) is 0 Å². The van der Waals surface area contributed by atoms with Crippen LogP contribution in [0.3, 0.4) is 0 Å². The number of aliphatic carboxylic acids is 1. The van der Waals surface area contributed by atoms with Crippen molar-refractivity contribution in [3.63, 3.8) is 0 Å². The van der Waals surface area contributed by atoms with Gasteiger partial charge in [0.25, 0.3) is 0 Å². The smallest absolute Gasteiger partial charge is 0.472 e. The van der Waals surface area contributed by atoms with Gasteiger partial charge >= 0.3 is 25.7 Å². The first kappa shape index (κ1) is 56.2. The second-order valence-corrected chi connectivity index (χ2v) is 17.7. The lowest BCUT2D eigenvalue weighted by molar-refractivity contribution is -0.161. The van der Waals surface area contributed by atoms with Crippen LogP contribution in [0.25, 0.3) is 0 Å². The van der Waals surface area contributed by atoms with Gasteiger partial charge in [0.1, 0.15) is 12.6 Å². The average Bonchev–Trinajstić information content (AvgIpc) is 3.20. The predicted octanol–water partition coefficient (Wildman–Crippen LogP) is 12.8. The van der Waals surface area contributed by atoms with E-state index in [9.17, 15) is 23.8 Å². The summed E-state index contributed by atoms with van der Waals surface area (Å²) in [5, 5.41) is 8.90. The highest BCUT2D eigenvalue weighted by Gasteiger charge is 2.28. The molecule has 0 aromatic rings. The zero-order valence-corrected chi connectivity index (χ0v) is 38.1. The van der Waals surface area contributed by atoms with Crippen molar-refractivity contribution in [1.29, 1.82) is 0 Å². The van der Waals surface area contributed by atoms with Crippen molar-refractivity contribution in [1.82, 2.24) is 0 Å². The summed E-state index contributed by atoms with van der Waals surface area (Å²) in [5.41, 5.74) is 5.34. The summed E-state index contributed by atoms with van der Waals surface area (Å²) in [6.07, 6.45) is 42.8. The van der Waals surface area contributed by atoms with E-state index in [1.54, 1.807) is 0 Å². The standard InChI is InChI=1S/C46H88NO10P/c1-3-5-7-9-11-13-15-17-19-20-21-22-24-25-27-29-31-33-35-37-44(48)54-39-42(40-55-58(52,53)56-41-43(47)46(50)51)57-45(49)38-36-34-32-30-28-26-23-18-16-14-12-10-8-6-4-2/h28,30,42-43H,3-27,29,31-41,47H2,1-2H3,(H,50,51)(H,52,53)/b30-28+/t42-,43+/m1/s1. The van der Waals surface area contributed by atoms with Gasteiger partial charge in [0, 0.05) is 12.8 Å². The summed E-state index contributed by atoms with van der Waals surface area (Å²) in [5.74, 6) is -2.39. The van der Waals surface area contributed by atoms with Gasteiger partial charge in [0.05, 0.1) is 13.2 Å². The summed E-state index contributed by atoms with van der Waals surface area (Å²) in [6, 6.07) is -1.52. The van der Waals surface area contributed by atoms with E-state index in [2.05, 4.69) is 30.5 Å². The van der Waals surface area contributed by atoms with Crippen molar-refractivity contribution in [2.24, 2.45) is 5.73 Å². The number of carboxylic acid groups (broad SMARTS) is 1. The van der Waals surface area contributed by atoms with Crippen molar-refractivity contribution >= 4 is 25.7 Å². The molecule has 0 aliphatic carbocycles. The Hall–Kier alpha value is -1.78. The highest BCUT2D eigenvalue weighted by atomic mass is 31.2.